The van der Waals surface area contributed by atoms with Crippen LogP contribution in [0.25, 0.3) is 0 Å². The normalized spacial score (nSPS) is 19.0. The van der Waals surface area contributed by atoms with Crippen molar-refractivity contribution in [3.63, 3.8) is 0 Å². The van der Waals surface area contributed by atoms with Crippen molar-refractivity contribution in [2.75, 3.05) is 36.4 Å². The highest BCUT2D eigenvalue weighted by molar-refractivity contribution is 8.01. The number of benzene rings is 1. The molecule has 29 heavy (non-hydrogen) atoms. The molecule has 1 fully saturated rings. The SMILES string of the molecule is Cc1cc(N2CCN(C(=O)CC3Sc4ccc(Cl)cc4NC3=O)CC2)nc(C)n1. The Labute approximate surface area is 178 Å². The maximum absolute atomic E-state index is 12.8. The highest BCUT2D eigenvalue weighted by atomic mass is 35.5. The number of nitrogens with zero attached hydrogens (tertiary/aromatic N) is 4. The van der Waals surface area contributed by atoms with Crippen LogP contribution in [0.2, 0.25) is 5.02 Å². The second kappa shape index (κ2) is 8.20. The summed E-state index contributed by atoms with van der Waals surface area (Å²) in [6.45, 7) is 6.50. The lowest BCUT2D eigenvalue weighted by Crippen LogP contribution is -2.50. The van der Waals surface area contributed by atoms with Gasteiger partial charge in [0.1, 0.15) is 11.6 Å². The molecule has 1 aromatic heterocycles. The number of nitrogens with one attached hydrogen (secondary N) is 1. The van der Waals surface area contributed by atoms with Crippen LogP contribution in [-0.4, -0.2) is 58.1 Å². The number of fused-ring (bicyclic) bond motifs is 1. The predicted molar refractivity (Wildman–Crippen MR) is 115 cm³/mol. The minimum Gasteiger partial charge on any atom is -0.353 e. The minimum absolute atomic E-state index is 0.00441. The summed E-state index contributed by atoms with van der Waals surface area (Å²) >= 11 is 7.41. The fourth-order valence-corrected chi connectivity index (χ4v) is 4.84. The van der Waals surface area contributed by atoms with Crippen LogP contribution in [-0.2, 0) is 9.59 Å². The third-order valence-electron chi connectivity index (χ3n) is 5.03. The first-order valence-electron chi connectivity index (χ1n) is 9.51. The summed E-state index contributed by atoms with van der Waals surface area (Å²) in [5.41, 5.74) is 1.65. The third-order valence-corrected chi connectivity index (χ3v) is 6.54. The van der Waals surface area contributed by atoms with Gasteiger partial charge < -0.3 is 15.1 Å². The van der Waals surface area contributed by atoms with Gasteiger partial charge in [0, 0.05) is 54.3 Å². The number of anilines is 2. The zero-order valence-corrected chi connectivity index (χ0v) is 17.9. The summed E-state index contributed by atoms with van der Waals surface area (Å²) in [5.74, 6) is 1.51. The van der Waals surface area contributed by atoms with Crippen LogP contribution in [0.5, 0.6) is 0 Å². The Morgan fingerprint density at radius 1 is 1.21 bits per heavy atom. The molecule has 4 rings (SSSR count). The van der Waals surface area contributed by atoms with E-state index in [1.807, 2.05) is 30.9 Å². The first kappa shape index (κ1) is 20.0. The fraction of sp³-hybridized carbons (Fsp3) is 0.400. The molecule has 0 aliphatic carbocycles. The van der Waals surface area contributed by atoms with Crippen molar-refractivity contribution in [1.29, 1.82) is 0 Å². The molecule has 1 saturated heterocycles. The zero-order valence-electron chi connectivity index (χ0n) is 16.3. The predicted octanol–water partition coefficient (Wildman–Crippen LogP) is 2.90. The molecule has 2 aromatic rings. The second-order valence-electron chi connectivity index (χ2n) is 7.22. The van der Waals surface area contributed by atoms with E-state index < -0.39 is 5.25 Å². The average Bonchev–Trinajstić information content (AvgIpc) is 2.68. The number of thioether (sulfide) groups is 1. The molecule has 152 valence electrons. The van der Waals surface area contributed by atoms with Gasteiger partial charge in [-0.2, -0.15) is 0 Å². The lowest BCUT2D eigenvalue weighted by atomic mass is 10.2. The second-order valence-corrected chi connectivity index (χ2v) is 8.90. The summed E-state index contributed by atoms with van der Waals surface area (Å²) in [4.78, 5) is 39.0. The van der Waals surface area contributed by atoms with Crippen LogP contribution in [0.15, 0.2) is 29.2 Å². The van der Waals surface area contributed by atoms with Gasteiger partial charge in [-0.05, 0) is 32.0 Å². The first-order valence-corrected chi connectivity index (χ1v) is 10.8. The van der Waals surface area contributed by atoms with Gasteiger partial charge in [-0.15, -0.1) is 11.8 Å². The van der Waals surface area contributed by atoms with Gasteiger partial charge in [-0.3, -0.25) is 9.59 Å². The number of carbonyl (C=O) groups is 2. The van der Waals surface area contributed by atoms with Gasteiger partial charge in [0.2, 0.25) is 11.8 Å². The van der Waals surface area contributed by atoms with Gasteiger partial charge in [-0.25, -0.2) is 9.97 Å². The van der Waals surface area contributed by atoms with E-state index in [0.29, 0.717) is 36.9 Å². The number of rotatable bonds is 3. The van der Waals surface area contributed by atoms with Crippen molar-refractivity contribution in [1.82, 2.24) is 14.9 Å². The molecule has 1 N–H and O–H groups in total. The molecule has 1 aromatic carbocycles. The average molecular weight is 432 g/mol. The zero-order chi connectivity index (χ0) is 20.5. The monoisotopic (exact) mass is 431 g/mol. The van der Waals surface area contributed by atoms with E-state index >= 15 is 0 Å². The van der Waals surface area contributed by atoms with Crippen molar-refractivity contribution in [2.45, 2.75) is 30.4 Å². The van der Waals surface area contributed by atoms with Gasteiger partial charge >= 0.3 is 0 Å². The molecule has 3 heterocycles. The summed E-state index contributed by atoms with van der Waals surface area (Å²) in [6.07, 6.45) is 0.185. The topological polar surface area (TPSA) is 78.4 Å². The summed E-state index contributed by atoms with van der Waals surface area (Å²) < 4.78 is 0. The van der Waals surface area contributed by atoms with Crippen LogP contribution >= 0.6 is 23.4 Å². The molecule has 0 saturated carbocycles. The van der Waals surface area contributed by atoms with Gasteiger partial charge in [0.25, 0.3) is 0 Å². The highest BCUT2D eigenvalue weighted by Crippen LogP contribution is 2.38. The molecule has 9 heteroatoms. The smallest absolute Gasteiger partial charge is 0.238 e. The van der Waals surface area contributed by atoms with Crippen molar-refractivity contribution < 1.29 is 9.59 Å². The Hall–Kier alpha value is -2.32. The van der Waals surface area contributed by atoms with E-state index in [1.54, 1.807) is 12.1 Å². The molecular formula is C20H22ClN5O2S. The van der Waals surface area contributed by atoms with Gasteiger partial charge in [0.15, 0.2) is 0 Å². The van der Waals surface area contributed by atoms with Crippen molar-refractivity contribution in [3.05, 3.63) is 40.8 Å². The van der Waals surface area contributed by atoms with Crippen molar-refractivity contribution in [3.8, 4) is 0 Å². The molecule has 1 atom stereocenters. The Morgan fingerprint density at radius 2 is 1.97 bits per heavy atom. The summed E-state index contributed by atoms with van der Waals surface area (Å²) in [6, 6.07) is 7.37. The molecule has 0 spiro atoms. The van der Waals surface area contributed by atoms with Crippen LogP contribution in [0.4, 0.5) is 11.5 Å². The number of amides is 2. The van der Waals surface area contributed by atoms with Crippen LogP contribution < -0.4 is 10.2 Å². The molecule has 2 amide bonds. The maximum atomic E-state index is 12.8. The van der Waals surface area contributed by atoms with Gasteiger partial charge in [0.05, 0.1) is 10.9 Å². The number of hydrogen-bond donors (Lipinski definition) is 1. The summed E-state index contributed by atoms with van der Waals surface area (Å²) in [5, 5.41) is 3.01. The molecule has 2 aliphatic rings. The number of carbonyl (C=O) groups excluding carboxylic acids is 2. The van der Waals surface area contributed by atoms with E-state index in [1.165, 1.54) is 11.8 Å². The molecular weight excluding hydrogens is 410 g/mol. The standard InChI is InChI=1S/C20H22ClN5O2S/c1-12-9-18(23-13(2)22-12)25-5-7-26(8-6-25)19(27)11-17-20(28)24-15-10-14(21)3-4-16(15)29-17/h3-4,9-10,17H,5-8,11H2,1-2H3,(H,24,28). The Bertz CT molecular complexity index is 942. The van der Waals surface area contributed by atoms with E-state index in [4.69, 9.17) is 11.6 Å². The lowest BCUT2D eigenvalue weighted by molar-refractivity contribution is -0.132. The number of hydrogen-bond acceptors (Lipinski definition) is 6. The van der Waals surface area contributed by atoms with E-state index in [-0.39, 0.29) is 18.2 Å². The molecule has 1 unspecified atom stereocenters. The van der Waals surface area contributed by atoms with Crippen molar-refractivity contribution >= 4 is 46.7 Å². The quantitative estimate of drug-likeness (QED) is 0.805. The largest absolute Gasteiger partial charge is 0.353 e. The number of aromatic nitrogens is 2. The molecule has 2 aliphatic heterocycles. The Kier molecular flexibility index (Phi) is 5.65. The number of piperazine rings is 1. The Morgan fingerprint density at radius 3 is 2.69 bits per heavy atom. The van der Waals surface area contributed by atoms with E-state index in [9.17, 15) is 9.59 Å². The molecule has 7 nitrogen and oxygen atoms in total. The van der Waals surface area contributed by atoms with Gasteiger partial charge in [-0.1, -0.05) is 11.6 Å². The molecule has 0 radical (unpaired) electrons. The van der Waals surface area contributed by atoms with Crippen LogP contribution in [0.3, 0.4) is 0 Å². The summed E-state index contributed by atoms with van der Waals surface area (Å²) in [7, 11) is 0. The van der Waals surface area contributed by atoms with Crippen LogP contribution in [0.1, 0.15) is 17.9 Å². The van der Waals surface area contributed by atoms with Crippen molar-refractivity contribution in [2.24, 2.45) is 0 Å². The first-order chi connectivity index (χ1) is 13.9. The third kappa shape index (κ3) is 4.48. The maximum Gasteiger partial charge on any atom is 0.238 e. The Balaban J connectivity index is 1.35. The fourth-order valence-electron chi connectivity index (χ4n) is 3.59. The minimum atomic E-state index is -0.429. The highest BCUT2D eigenvalue weighted by Gasteiger charge is 2.31. The lowest BCUT2D eigenvalue weighted by Gasteiger charge is -2.36. The number of halogens is 1. The molecule has 0 bridgehead atoms. The van der Waals surface area contributed by atoms with Crippen LogP contribution in [0, 0.1) is 13.8 Å². The van der Waals surface area contributed by atoms with E-state index in [0.717, 1.165) is 22.2 Å². The number of aryl methyl sites for hydroxylation is 2. The van der Waals surface area contributed by atoms with E-state index in [2.05, 4.69) is 20.2 Å².